The Bertz CT molecular complexity index is 195. The minimum Gasteiger partial charge on any atom is -0.351 e. The molecular formula is C9H20N3O+. The van der Waals surface area contributed by atoms with Crippen molar-refractivity contribution in [2.24, 2.45) is 0 Å². The summed E-state index contributed by atoms with van der Waals surface area (Å²) in [6.45, 7) is 7.68. The molecule has 0 saturated carbocycles. The van der Waals surface area contributed by atoms with E-state index in [0.29, 0.717) is 6.04 Å². The summed E-state index contributed by atoms with van der Waals surface area (Å²) < 4.78 is 1.01. The molecule has 1 heterocycles. The molecule has 2 atom stereocenters. The van der Waals surface area contributed by atoms with Crippen LogP contribution in [0.3, 0.4) is 0 Å². The van der Waals surface area contributed by atoms with Gasteiger partial charge in [0.1, 0.15) is 6.67 Å². The van der Waals surface area contributed by atoms with Gasteiger partial charge in [0.25, 0.3) is 0 Å². The van der Waals surface area contributed by atoms with Crippen LogP contribution in [-0.4, -0.2) is 49.8 Å². The van der Waals surface area contributed by atoms with Crippen molar-refractivity contribution in [3.63, 3.8) is 0 Å². The first-order valence-electron chi connectivity index (χ1n) is 4.84. The molecule has 1 amide bonds. The summed E-state index contributed by atoms with van der Waals surface area (Å²) in [5.41, 5.74) is 0. The summed E-state index contributed by atoms with van der Waals surface area (Å²) in [6.07, 6.45) is 0. The predicted octanol–water partition coefficient (Wildman–Crippen LogP) is -0.482. The molecule has 1 saturated heterocycles. The van der Waals surface area contributed by atoms with Crippen molar-refractivity contribution in [3.05, 3.63) is 0 Å². The van der Waals surface area contributed by atoms with Crippen LogP contribution in [0.1, 0.15) is 13.8 Å². The largest absolute Gasteiger partial charge is 0.351 e. The van der Waals surface area contributed by atoms with Gasteiger partial charge in [0.2, 0.25) is 5.91 Å². The molecule has 1 aliphatic heterocycles. The third kappa shape index (κ3) is 2.67. The van der Waals surface area contributed by atoms with E-state index in [4.69, 9.17) is 0 Å². The Labute approximate surface area is 79.9 Å². The average Bonchev–Trinajstić information content (AvgIpc) is 2.32. The van der Waals surface area contributed by atoms with Gasteiger partial charge in [-0.3, -0.25) is 10.1 Å². The highest BCUT2D eigenvalue weighted by atomic mass is 16.1. The van der Waals surface area contributed by atoms with Crippen LogP contribution < -0.4 is 10.6 Å². The molecule has 1 rings (SSSR count). The molecular weight excluding hydrogens is 166 g/mol. The van der Waals surface area contributed by atoms with Gasteiger partial charge in [-0.25, -0.2) is 0 Å². The smallest absolute Gasteiger partial charge is 0.217 e. The first-order chi connectivity index (χ1) is 6.04. The second-order valence-corrected chi connectivity index (χ2v) is 4.15. The first-order valence-corrected chi connectivity index (χ1v) is 4.84. The van der Waals surface area contributed by atoms with E-state index in [-0.39, 0.29) is 5.91 Å². The molecule has 2 N–H and O–H groups in total. The third-order valence-corrected chi connectivity index (χ3v) is 2.97. The minimum absolute atomic E-state index is 0.0615. The van der Waals surface area contributed by atoms with Crippen molar-refractivity contribution < 1.29 is 9.28 Å². The van der Waals surface area contributed by atoms with Gasteiger partial charge in [0, 0.05) is 6.92 Å². The maximum absolute atomic E-state index is 10.7. The Kier molecular flexibility index (Phi) is 3.27. The molecule has 0 bridgehead atoms. The van der Waals surface area contributed by atoms with Crippen molar-refractivity contribution in [2.45, 2.75) is 19.9 Å². The number of rotatable bonds is 3. The highest BCUT2D eigenvalue weighted by Crippen LogP contribution is 2.12. The molecule has 2 unspecified atom stereocenters. The predicted molar refractivity (Wildman–Crippen MR) is 52.1 cm³/mol. The van der Waals surface area contributed by atoms with Gasteiger partial charge in [0.15, 0.2) is 0 Å². The van der Waals surface area contributed by atoms with Crippen LogP contribution in [0.5, 0.6) is 0 Å². The molecule has 0 aromatic rings. The maximum atomic E-state index is 10.7. The van der Waals surface area contributed by atoms with Crippen LogP contribution in [0, 0.1) is 0 Å². The molecule has 76 valence electrons. The standard InChI is InChI=1S/C9H19N3O/c1-8-6-10-7-12(8,3)5-4-11-9(2)13/h8,10H,4-7H2,1-3H3/p+1. The van der Waals surface area contributed by atoms with Crippen LogP contribution in [0.4, 0.5) is 0 Å². The normalized spacial score (nSPS) is 33.3. The summed E-state index contributed by atoms with van der Waals surface area (Å²) in [4.78, 5) is 10.7. The van der Waals surface area contributed by atoms with Gasteiger partial charge in [-0.05, 0) is 6.92 Å². The van der Waals surface area contributed by atoms with Gasteiger partial charge in [-0.1, -0.05) is 0 Å². The van der Waals surface area contributed by atoms with Crippen molar-refractivity contribution in [1.29, 1.82) is 0 Å². The van der Waals surface area contributed by atoms with Gasteiger partial charge in [-0.15, -0.1) is 0 Å². The maximum Gasteiger partial charge on any atom is 0.217 e. The van der Waals surface area contributed by atoms with Gasteiger partial charge in [0.05, 0.1) is 32.7 Å². The van der Waals surface area contributed by atoms with Crippen molar-refractivity contribution in [3.8, 4) is 0 Å². The minimum atomic E-state index is 0.0615. The summed E-state index contributed by atoms with van der Waals surface area (Å²) in [7, 11) is 2.23. The topological polar surface area (TPSA) is 41.1 Å². The van der Waals surface area contributed by atoms with Crippen LogP contribution in [0.25, 0.3) is 0 Å². The summed E-state index contributed by atoms with van der Waals surface area (Å²) in [5, 5.41) is 6.20. The zero-order valence-corrected chi connectivity index (χ0v) is 8.76. The first kappa shape index (κ1) is 10.5. The number of amides is 1. The molecule has 0 aromatic carbocycles. The Balaban J connectivity index is 2.30. The van der Waals surface area contributed by atoms with Crippen LogP contribution in [0.15, 0.2) is 0 Å². The molecule has 0 aromatic heterocycles. The van der Waals surface area contributed by atoms with E-state index in [1.165, 1.54) is 0 Å². The van der Waals surface area contributed by atoms with Crippen molar-refractivity contribution >= 4 is 5.91 Å². The quantitative estimate of drug-likeness (QED) is 0.584. The molecule has 1 aliphatic rings. The Morgan fingerprint density at radius 1 is 1.69 bits per heavy atom. The number of nitrogens with zero attached hydrogens (tertiary/aromatic N) is 1. The van der Waals surface area contributed by atoms with E-state index in [9.17, 15) is 4.79 Å². The van der Waals surface area contributed by atoms with E-state index < -0.39 is 0 Å². The average molecular weight is 186 g/mol. The van der Waals surface area contributed by atoms with Crippen molar-refractivity contribution in [2.75, 3.05) is 33.4 Å². The van der Waals surface area contributed by atoms with E-state index in [1.807, 2.05) is 0 Å². The third-order valence-electron chi connectivity index (χ3n) is 2.97. The fourth-order valence-electron chi connectivity index (χ4n) is 1.69. The second kappa shape index (κ2) is 4.07. The Morgan fingerprint density at radius 2 is 2.38 bits per heavy atom. The number of likely N-dealkylation sites (N-methyl/N-ethyl adjacent to an activating group) is 1. The summed E-state index contributed by atoms with van der Waals surface area (Å²) >= 11 is 0. The van der Waals surface area contributed by atoms with Gasteiger partial charge in [-0.2, -0.15) is 0 Å². The monoisotopic (exact) mass is 186 g/mol. The lowest BCUT2D eigenvalue weighted by Gasteiger charge is -2.33. The lowest BCUT2D eigenvalue weighted by atomic mass is 10.3. The molecule has 4 heteroatoms. The lowest BCUT2D eigenvalue weighted by Crippen LogP contribution is -2.51. The zero-order chi connectivity index (χ0) is 9.90. The molecule has 1 fully saturated rings. The van der Waals surface area contributed by atoms with E-state index in [2.05, 4.69) is 24.6 Å². The SMILES string of the molecule is CC(=O)NCC[N+]1(C)CNCC1C. The van der Waals surface area contributed by atoms with Crippen LogP contribution >= 0.6 is 0 Å². The molecule has 0 spiro atoms. The van der Waals surface area contributed by atoms with E-state index >= 15 is 0 Å². The van der Waals surface area contributed by atoms with Gasteiger partial charge < -0.3 is 9.80 Å². The number of carbonyl (C=O) groups excluding carboxylic acids is 1. The lowest BCUT2D eigenvalue weighted by molar-refractivity contribution is -0.918. The molecule has 13 heavy (non-hydrogen) atoms. The fraction of sp³-hybridized carbons (Fsp3) is 0.889. The van der Waals surface area contributed by atoms with Crippen molar-refractivity contribution in [1.82, 2.24) is 10.6 Å². The Morgan fingerprint density at radius 3 is 2.85 bits per heavy atom. The number of hydrogen-bond acceptors (Lipinski definition) is 2. The van der Waals surface area contributed by atoms with Gasteiger partial charge >= 0.3 is 0 Å². The Hall–Kier alpha value is -0.610. The van der Waals surface area contributed by atoms with Crippen LogP contribution in [-0.2, 0) is 4.79 Å². The second-order valence-electron chi connectivity index (χ2n) is 4.15. The fourth-order valence-corrected chi connectivity index (χ4v) is 1.69. The molecule has 0 radical (unpaired) electrons. The highest BCUT2D eigenvalue weighted by molar-refractivity contribution is 5.72. The zero-order valence-electron chi connectivity index (χ0n) is 8.76. The summed E-state index contributed by atoms with van der Waals surface area (Å²) in [5.74, 6) is 0.0615. The molecule has 0 aliphatic carbocycles. The van der Waals surface area contributed by atoms with Crippen LogP contribution in [0.2, 0.25) is 0 Å². The van der Waals surface area contributed by atoms with E-state index in [1.54, 1.807) is 6.92 Å². The molecule has 4 nitrogen and oxygen atoms in total. The number of quaternary nitrogens is 1. The number of nitrogens with one attached hydrogen (secondary N) is 2. The summed E-state index contributed by atoms with van der Waals surface area (Å²) in [6, 6.07) is 0.647. The highest BCUT2D eigenvalue weighted by Gasteiger charge is 2.33. The van der Waals surface area contributed by atoms with E-state index in [0.717, 1.165) is 30.8 Å². The number of hydrogen-bond donors (Lipinski definition) is 2. The number of carbonyl (C=O) groups is 1.